The van der Waals surface area contributed by atoms with Crippen LogP contribution in [0.2, 0.25) is 0 Å². The highest BCUT2D eigenvalue weighted by molar-refractivity contribution is 5.75. The van der Waals surface area contributed by atoms with Gasteiger partial charge in [-0.1, -0.05) is 6.07 Å². The first-order chi connectivity index (χ1) is 8.58. The minimum absolute atomic E-state index is 0.135. The second-order valence-corrected chi connectivity index (χ2v) is 5.64. The number of carboxylic acids is 1. The smallest absolute Gasteiger partial charge is 0.310 e. The molecule has 0 aliphatic heterocycles. The molecule has 0 heterocycles. The fourth-order valence-electron chi connectivity index (χ4n) is 1.47. The highest BCUT2D eigenvalue weighted by Gasteiger charge is 2.43. The fraction of sp³-hybridized carbons (Fsp3) is 0.500. The number of aliphatic carboxylic acids is 1. The van der Waals surface area contributed by atoms with Crippen molar-refractivity contribution in [3.63, 3.8) is 0 Å². The average Bonchev–Trinajstić information content (AvgIpc) is 2.27. The number of nitrogens with one attached hydrogen (secondary N) is 1. The first-order valence-electron chi connectivity index (χ1n) is 6.00. The van der Waals surface area contributed by atoms with Crippen molar-refractivity contribution in [2.75, 3.05) is 0 Å². The third kappa shape index (κ3) is 3.29. The van der Waals surface area contributed by atoms with E-state index in [0.29, 0.717) is 5.56 Å². The Kier molecular flexibility index (Phi) is 4.30. The van der Waals surface area contributed by atoms with Gasteiger partial charge in [0.05, 0.1) is 5.41 Å². The molecule has 5 heteroatoms. The SMILES string of the molecule is CC(C)(NCc1ccc(F)cc1F)C(C)(C)C(=O)O. The van der Waals surface area contributed by atoms with Gasteiger partial charge in [-0.25, -0.2) is 8.78 Å². The fourth-order valence-corrected chi connectivity index (χ4v) is 1.47. The Morgan fingerprint density at radius 3 is 2.32 bits per heavy atom. The molecule has 106 valence electrons. The summed E-state index contributed by atoms with van der Waals surface area (Å²) in [5.74, 6) is -2.22. The molecule has 0 saturated carbocycles. The molecule has 0 aliphatic carbocycles. The number of benzene rings is 1. The van der Waals surface area contributed by atoms with Gasteiger partial charge >= 0.3 is 5.97 Å². The zero-order valence-electron chi connectivity index (χ0n) is 11.6. The Bertz CT molecular complexity index is 484. The minimum Gasteiger partial charge on any atom is -0.481 e. The van der Waals surface area contributed by atoms with Crippen LogP contribution in [0.5, 0.6) is 0 Å². The molecule has 0 fully saturated rings. The van der Waals surface area contributed by atoms with Gasteiger partial charge in [0, 0.05) is 23.7 Å². The van der Waals surface area contributed by atoms with Crippen LogP contribution in [0.4, 0.5) is 8.78 Å². The zero-order chi connectivity index (χ0) is 14.8. The molecule has 2 N–H and O–H groups in total. The highest BCUT2D eigenvalue weighted by Crippen LogP contribution is 2.31. The third-order valence-electron chi connectivity index (χ3n) is 3.83. The molecule has 0 unspecified atom stereocenters. The predicted octanol–water partition coefficient (Wildman–Crippen LogP) is 2.94. The van der Waals surface area contributed by atoms with E-state index in [4.69, 9.17) is 0 Å². The Morgan fingerprint density at radius 2 is 1.84 bits per heavy atom. The van der Waals surface area contributed by atoms with E-state index in [9.17, 15) is 18.7 Å². The molecule has 3 nitrogen and oxygen atoms in total. The molecule has 0 aromatic heterocycles. The van der Waals surface area contributed by atoms with Crippen LogP contribution in [0.3, 0.4) is 0 Å². The summed E-state index contributed by atoms with van der Waals surface area (Å²) >= 11 is 0. The lowest BCUT2D eigenvalue weighted by molar-refractivity contribution is -0.151. The summed E-state index contributed by atoms with van der Waals surface area (Å²) in [6.07, 6.45) is 0. The lowest BCUT2D eigenvalue weighted by atomic mass is 9.74. The summed E-state index contributed by atoms with van der Waals surface area (Å²) in [5.41, 5.74) is -1.47. The van der Waals surface area contributed by atoms with Gasteiger partial charge in [0.2, 0.25) is 0 Å². The summed E-state index contributed by atoms with van der Waals surface area (Å²) in [5, 5.41) is 12.2. The van der Waals surface area contributed by atoms with Crippen LogP contribution in [-0.4, -0.2) is 16.6 Å². The maximum atomic E-state index is 13.5. The van der Waals surface area contributed by atoms with Crippen LogP contribution in [0, 0.1) is 17.0 Å². The monoisotopic (exact) mass is 271 g/mol. The quantitative estimate of drug-likeness (QED) is 0.865. The number of halogens is 2. The molecular weight excluding hydrogens is 252 g/mol. The van der Waals surface area contributed by atoms with Crippen LogP contribution in [-0.2, 0) is 11.3 Å². The molecule has 1 rings (SSSR count). The molecule has 0 saturated heterocycles. The number of carboxylic acid groups (broad SMARTS) is 1. The van der Waals surface area contributed by atoms with Gasteiger partial charge in [0.25, 0.3) is 0 Å². The standard InChI is InChI=1S/C14H19F2NO2/c1-13(2,12(18)19)14(3,4)17-8-9-5-6-10(15)7-11(9)16/h5-7,17H,8H2,1-4H3,(H,18,19). The van der Waals surface area contributed by atoms with Crippen molar-refractivity contribution in [3.05, 3.63) is 35.4 Å². The van der Waals surface area contributed by atoms with Crippen LogP contribution in [0.25, 0.3) is 0 Å². The Morgan fingerprint density at radius 1 is 1.26 bits per heavy atom. The maximum Gasteiger partial charge on any atom is 0.310 e. The predicted molar refractivity (Wildman–Crippen MR) is 68.7 cm³/mol. The van der Waals surface area contributed by atoms with Gasteiger partial charge in [0.15, 0.2) is 0 Å². The van der Waals surface area contributed by atoms with Gasteiger partial charge in [0.1, 0.15) is 11.6 Å². The molecule has 0 bridgehead atoms. The van der Waals surface area contributed by atoms with Gasteiger partial charge in [-0.05, 0) is 33.8 Å². The lowest BCUT2D eigenvalue weighted by Gasteiger charge is -2.39. The minimum atomic E-state index is -1.02. The van der Waals surface area contributed by atoms with Gasteiger partial charge in [-0.2, -0.15) is 0 Å². The first kappa shape index (κ1) is 15.6. The van der Waals surface area contributed by atoms with Crippen LogP contribution < -0.4 is 5.32 Å². The van der Waals surface area contributed by atoms with Crippen LogP contribution in [0.15, 0.2) is 18.2 Å². The van der Waals surface area contributed by atoms with E-state index < -0.39 is 28.6 Å². The molecule has 0 amide bonds. The lowest BCUT2D eigenvalue weighted by Crippen LogP contribution is -2.54. The van der Waals surface area contributed by atoms with Crippen LogP contribution in [0.1, 0.15) is 33.3 Å². The van der Waals surface area contributed by atoms with Crippen molar-refractivity contribution in [1.29, 1.82) is 0 Å². The summed E-state index contributed by atoms with van der Waals surface area (Å²) in [7, 11) is 0. The molecule has 19 heavy (non-hydrogen) atoms. The van der Waals surface area contributed by atoms with Gasteiger partial charge < -0.3 is 10.4 Å². The average molecular weight is 271 g/mol. The van der Waals surface area contributed by atoms with Crippen molar-refractivity contribution in [3.8, 4) is 0 Å². The second kappa shape index (κ2) is 5.25. The van der Waals surface area contributed by atoms with Gasteiger partial charge in [-0.3, -0.25) is 4.79 Å². The highest BCUT2D eigenvalue weighted by atomic mass is 19.1. The number of rotatable bonds is 5. The largest absolute Gasteiger partial charge is 0.481 e. The molecule has 0 spiro atoms. The van der Waals surface area contributed by atoms with Crippen molar-refractivity contribution < 1.29 is 18.7 Å². The number of carbonyl (C=O) groups is 1. The van der Waals surface area contributed by atoms with Crippen molar-refractivity contribution in [2.24, 2.45) is 5.41 Å². The van der Waals surface area contributed by atoms with E-state index in [1.165, 1.54) is 12.1 Å². The number of hydrogen-bond acceptors (Lipinski definition) is 2. The van der Waals surface area contributed by atoms with Crippen molar-refractivity contribution >= 4 is 5.97 Å². The molecule has 1 aromatic rings. The van der Waals surface area contributed by atoms with E-state index >= 15 is 0 Å². The Hall–Kier alpha value is -1.49. The Balaban J connectivity index is 2.83. The summed E-state index contributed by atoms with van der Waals surface area (Å²) < 4.78 is 26.3. The van der Waals surface area contributed by atoms with Crippen molar-refractivity contribution in [1.82, 2.24) is 5.32 Å². The third-order valence-corrected chi connectivity index (χ3v) is 3.83. The topological polar surface area (TPSA) is 49.3 Å². The van der Waals surface area contributed by atoms with Crippen molar-refractivity contribution in [2.45, 2.75) is 39.8 Å². The first-order valence-corrected chi connectivity index (χ1v) is 6.00. The van der Waals surface area contributed by atoms with E-state index in [-0.39, 0.29) is 6.54 Å². The summed E-state index contributed by atoms with van der Waals surface area (Å²) in [4.78, 5) is 11.2. The molecule has 0 aliphatic rings. The summed E-state index contributed by atoms with van der Waals surface area (Å²) in [6, 6.07) is 3.34. The summed E-state index contributed by atoms with van der Waals surface area (Å²) in [6.45, 7) is 6.81. The second-order valence-electron chi connectivity index (χ2n) is 5.64. The molecule has 0 radical (unpaired) electrons. The Labute approximate surface area is 111 Å². The number of hydrogen-bond donors (Lipinski definition) is 2. The normalized spacial score (nSPS) is 12.5. The van der Waals surface area contributed by atoms with E-state index in [2.05, 4.69) is 5.32 Å². The molecule has 1 aromatic carbocycles. The van der Waals surface area contributed by atoms with Crippen LogP contribution >= 0.6 is 0 Å². The van der Waals surface area contributed by atoms with E-state index in [1.807, 2.05) is 0 Å². The molecule has 0 atom stereocenters. The van der Waals surface area contributed by atoms with E-state index in [1.54, 1.807) is 27.7 Å². The molecular formula is C14H19F2NO2. The maximum absolute atomic E-state index is 13.5. The zero-order valence-corrected chi connectivity index (χ0v) is 11.6. The van der Waals surface area contributed by atoms with Gasteiger partial charge in [-0.15, -0.1) is 0 Å². The van der Waals surface area contributed by atoms with E-state index in [0.717, 1.165) is 6.07 Å².